The monoisotopic (exact) mass is 301 g/mol. The normalized spacial score (nSPS) is 10.5. The Kier molecular flexibility index (Phi) is 4.52. The van der Waals surface area contributed by atoms with Gasteiger partial charge in [0.05, 0.1) is 10.7 Å². The lowest BCUT2D eigenvalue weighted by molar-refractivity contribution is 0.178. The lowest BCUT2D eigenvalue weighted by atomic mass is 10.3. The molecule has 0 saturated heterocycles. The van der Waals surface area contributed by atoms with Crippen molar-refractivity contribution in [2.24, 2.45) is 0 Å². The summed E-state index contributed by atoms with van der Waals surface area (Å²) < 4.78 is 18.1. The smallest absolute Gasteiger partial charge is 0.158 e. The van der Waals surface area contributed by atoms with E-state index in [0.29, 0.717) is 22.4 Å². The highest BCUT2D eigenvalue weighted by molar-refractivity contribution is 6.33. The van der Waals surface area contributed by atoms with Gasteiger partial charge in [-0.15, -0.1) is 0 Å². The second kappa shape index (κ2) is 6.14. The zero-order chi connectivity index (χ0) is 13.8. The maximum Gasteiger partial charge on any atom is 0.158 e. The molecule has 0 saturated carbocycles. The first-order chi connectivity index (χ1) is 9.08. The third-order valence-corrected chi connectivity index (χ3v) is 2.73. The summed E-state index contributed by atoms with van der Waals surface area (Å²) in [5, 5.41) is 3.53. The maximum absolute atomic E-state index is 13.2. The number of hydrogen-bond acceptors (Lipinski definition) is 4. The molecule has 4 nitrogen and oxygen atoms in total. The first-order valence-corrected chi connectivity index (χ1v) is 6.08. The molecule has 1 heterocycles. The Morgan fingerprint density at radius 2 is 2.05 bits per heavy atom. The summed E-state index contributed by atoms with van der Waals surface area (Å²) in [6, 6.07) is 5.52. The SMILES string of the molecule is COCc1nc(Cl)cc(Nc2cc(F)ccc2Cl)n1. The van der Waals surface area contributed by atoms with E-state index in [9.17, 15) is 4.39 Å². The van der Waals surface area contributed by atoms with Crippen LogP contribution in [0.2, 0.25) is 10.2 Å². The van der Waals surface area contributed by atoms with Gasteiger partial charge in [-0.2, -0.15) is 0 Å². The van der Waals surface area contributed by atoms with Crippen LogP contribution in [0.25, 0.3) is 0 Å². The van der Waals surface area contributed by atoms with Crippen LogP contribution in [0.15, 0.2) is 24.3 Å². The minimum absolute atomic E-state index is 0.228. The molecule has 19 heavy (non-hydrogen) atoms. The molecule has 2 aromatic rings. The van der Waals surface area contributed by atoms with Crippen molar-refractivity contribution in [3.63, 3.8) is 0 Å². The molecular formula is C12H10Cl2FN3O. The molecule has 0 aliphatic heterocycles. The van der Waals surface area contributed by atoms with Gasteiger partial charge in [0, 0.05) is 13.2 Å². The fourth-order valence-corrected chi connectivity index (χ4v) is 1.82. The summed E-state index contributed by atoms with van der Waals surface area (Å²) in [6.07, 6.45) is 0. The number of nitrogens with zero attached hydrogens (tertiary/aromatic N) is 2. The first kappa shape index (κ1) is 14.0. The second-order valence-electron chi connectivity index (χ2n) is 3.67. The molecule has 0 bridgehead atoms. The van der Waals surface area contributed by atoms with E-state index in [4.69, 9.17) is 27.9 Å². The fraction of sp³-hybridized carbons (Fsp3) is 0.167. The Balaban J connectivity index is 2.29. The van der Waals surface area contributed by atoms with E-state index in [0.717, 1.165) is 0 Å². The lowest BCUT2D eigenvalue weighted by Crippen LogP contribution is -2.02. The Hall–Kier alpha value is -1.43. The highest BCUT2D eigenvalue weighted by atomic mass is 35.5. The van der Waals surface area contributed by atoms with Gasteiger partial charge < -0.3 is 10.1 Å². The molecule has 100 valence electrons. The molecule has 0 radical (unpaired) electrons. The number of rotatable bonds is 4. The van der Waals surface area contributed by atoms with Crippen LogP contribution in [0, 0.1) is 5.82 Å². The van der Waals surface area contributed by atoms with Gasteiger partial charge in [-0.3, -0.25) is 0 Å². The number of anilines is 2. The molecule has 0 fully saturated rings. The van der Waals surface area contributed by atoms with Crippen molar-refractivity contribution in [3.8, 4) is 0 Å². The Morgan fingerprint density at radius 1 is 1.26 bits per heavy atom. The van der Waals surface area contributed by atoms with Crippen molar-refractivity contribution >= 4 is 34.7 Å². The predicted molar refractivity (Wildman–Crippen MR) is 72.4 cm³/mol. The highest BCUT2D eigenvalue weighted by Gasteiger charge is 2.07. The van der Waals surface area contributed by atoms with Crippen LogP contribution in [-0.2, 0) is 11.3 Å². The summed E-state index contributed by atoms with van der Waals surface area (Å²) in [6.45, 7) is 0.228. The predicted octanol–water partition coefficient (Wildman–Crippen LogP) is 3.81. The van der Waals surface area contributed by atoms with Crippen LogP contribution >= 0.6 is 23.2 Å². The quantitative estimate of drug-likeness (QED) is 0.872. The van der Waals surface area contributed by atoms with Crippen LogP contribution in [0.1, 0.15) is 5.82 Å². The number of methoxy groups -OCH3 is 1. The molecule has 0 spiro atoms. The van der Waals surface area contributed by atoms with Crippen molar-refractivity contribution in [2.75, 3.05) is 12.4 Å². The van der Waals surface area contributed by atoms with E-state index in [1.54, 1.807) is 0 Å². The minimum atomic E-state index is -0.399. The number of aromatic nitrogens is 2. The molecule has 1 N–H and O–H groups in total. The van der Waals surface area contributed by atoms with Gasteiger partial charge in [0.25, 0.3) is 0 Å². The molecule has 2 rings (SSSR count). The molecule has 0 amide bonds. The number of hydrogen-bond donors (Lipinski definition) is 1. The van der Waals surface area contributed by atoms with Gasteiger partial charge in [-0.05, 0) is 18.2 Å². The van der Waals surface area contributed by atoms with Crippen molar-refractivity contribution in [3.05, 3.63) is 46.1 Å². The third kappa shape index (κ3) is 3.76. The van der Waals surface area contributed by atoms with E-state index >= 15 is 0 Å². The molecule has 1 aromatic carbocycles. The average Bonchev–Trinajstić information content (AvgIpc) is 2.33. The molecule has 0 aliphatic rings. The Labute approximate surface area is 119 Å². The van der Waals surface area contributed by atoms with Crippen molar-refractivity contribution in [1.29, 1.82) is 0 Å². The molecule has 7 heteroatoms. The van der Waals surface area contributed by atoms with Gasteiger partial charge in [0.2, 0.25) is 0 Å². The van der Waals surface area contributed by atoms with Gasteiger partial charge in [-0.1, -0.05) is 23.2 Å². The van der Waals surface area contributed by atoms with E-state index in [2.05, 4.69) is 15.3 Å². The molecule has 0 unspecified atom stereocenters. The summed E-state index contributed by atoms with van der Waals surface area (Å²) in [5.41, 5.74) is 0.403. The molecule has 0 aliphatic carbocycles. The molecular weight excluding hydrogens is 292 g/mol. The van der Waals surface area contributed by atoms with E-state index < -0.39 is 5.82 Å². The highest BCUT2D eigenvalue weighted by Crippen LogP contribution is 2.26. The Bertz CT molecular complexity index is 595. The standard InChI is InChI=1S/C12H10Cl2FN3O/c1-19-6-12-17-10(14)5-11(18-12)16-9-4-7(15)2-3-8(9)13/h2-5H,6H2,1H3,(H,16,17,18). The maximum atomic E-state index is 13.2. The van der Waals surface area contributed by atoms with Crippen LogP contribution in [0.4, 0.5) is 15.9 Å². The van der Waals surface area contributed by atoms with Gasteiger partial charge in [-0.25, -0.2) is 14.4 Å². The second-order valence-corrected chi connectivity index (χ2v) is 4.47. The van der Waals surface area contributed by atoms with Crippen LogP contribution in [0.3, 0.4) is 0 Å². The summed E-state index contributed by atoms with van der Waals surface area (Å²) in [7, 11) is 1.53. The van der Waals surface area contributed by atoms with Crippen LogP contribution < -0.4 is 5.32 Å². The summed E-state index contributed by atoms with van der Waals surface area (Å²) in [4.78, 5) is 8.16. The van der Waals surface area contributed by atoms with Crippen LogP contribution in [-0.4, -0.2) is 17.1 Å². The summed E-state index contributed by atoms with van der Waals surface area (Å²) in [5.74, 6) is 0.439. The van der Waals surface area contributed by atoms with Crippen molar-refractivity contribution in [1.82, 2.24) is 9.97 Å². The van der Waals surface area contributed by atoms with E-state index in [-0.39, 0.29) is 11.8 Å². The van der Waals surface area contributed by atoms with Crippen molar-refractivity contribution < 1.29 is 9.13 Å². The zero-order valence-corrected chi connectivity index (χ0v) is 11.5. The number of benzene rings is 1. The van der Waals surface area contributed by atoms with Gasteiger partial charge in [0.1, 0.15) is 23.4 Å². The number of ether oxygens (including phenoxy) is 1. The number of halogens is 3. The largest absolute Gasteiger partial charge is 0.377 e. The van der Waals surface area contributed by atoms with Gasteiger partial charge >= 0.3 is 0 Å². The van der Waals surface area contributed by atoms with Crippen molar-refractivity contribution in [2.45, 2.75) is 6.61 Å². The molecule has 1 aromatic heterocycles. The van der Waals surface area contributed by atoms with E-state index in [1.807, 2.05) is 0 Å². The van der Waals surface area contributed by atoms with E-state index in [1.165, 1.54) is 31.4 Å². The minimum Gasteiger partial charge on any atom is -0.377 e. The summed E-state index contributed by atoms with van der Waals surface area (Å²) >= 11 is 11.8. The first-order valence-electron chi connectivity index (χ1n) is 5.33. The topological polar surface area (TPSA) is 47.0 Å². The number of nitrogens with one attached hydrogen (secondary N) is 1. The Morgan fingerprint density at radius 3 is 2.79 bits per heavy atom. The lowest BCUT2D eigenvalue weighted by Gasteiger charge is -2.09. The van der Waals surface area contributed by atoms with Gasteiger partial charge in [0.15, 0.2) is 5.82 Å². The average molecular weight is 302 g/mol. The third-order valence-electron chi connectivity index (χ3n) is 2.21. The molecule has 0 atom stereocenters. The zero-order valence-electron chi connectivity index (χ0n) is 9.95. The fourth-order valence-electron chi connectivity index (χ4n) is 1.45. The van der Waals surface area contributed by atoms with Crippen LogP contribution in [0.5, 0.6) is 0 Å².